The number of thiazole rings is 2. The predicted octanol–water partition coefficient (Wildman–Crippen LogP) is -1.73. The van der Waals surface area contributed by atoms with Gasteiger partial charge in [-0.25, -0.2) is 9.97 Å². The van der Waals surface area contributed by atoms with Crippen molar-refractivity contribution in [2.45, 2.75) is 20.3 Å². The molecular weight excluding hydrogens is 349 g/mol. The number of nitrogens with one attached hydrogen (secondary N) is 1. The molecule has 0 spiro atoms. The molecule has 3 aromatic heterocycles. The third kappa shape index (κ3) is 4.25. The molecule has 0 unspecified atom stereocenters. The first-order valence-electron chi connectivity index (χ1n) is 5.99. The summed E-state index contributed by atoms with van der Waals surface area (Å²) in [5, 5.41) is 20.6. The number of nitrogens with zero attached hydrogens (tertiary/aromatic N) is 6. The van der Waals surface area contributed by atoms with Crippen LogP contribution >= 0.6 is 22.7 Å². The molecular formula is C11H10KN7OS2. The number of hydrogen-bond donors (Lipinski definition) is 1. The van der Waals surface area contributed by atoms with E-state index in [4.69, 9.17) is 0 Å². The zero-order chi connectivity index (χ0) is 14.8. The van der Waals surface area contributed by atoms with Crippen molar-refractivity contribution in [2.24, 2.45) is 0 Å². The molecule has 0 bridgehead atoms. The van der Waals surface area contributed by atoms with E-state index >= 15 is 0 Å². The summed E-state index contributed by atoms with van der Waals surface area (Å²) < 4.78 is 0. The average molecular weight is 359 g/mol. The van der Waals surface area contributed by atoms with Crippen molar-refractivity contribution in [1.82, 2.24) is 30.6 Å². The van der Waals surface area contributed by atoms with Crippen LogP contribution in [0.25, 0.3) is 10.6 Å². The second-order valence-electron chi connectivity index (χ2n) is 4.21. The van der Waals surface area contributed by atoms with Crippen LogP contribution in [0.15, 0.2) is 5.38 Å². The van der Waals surface area contributed by atoms with E-state index in [0.717, 1.165) is 21.3 Å². The Morgan fingerprint density at radius 1 is 1.41 bits per heavy atom. The summed E-state index contributed by atoms with van der Waals surface area (Å²) in [4.78, 5) is 20.9. The van der Waals surface area contributed by atoms with Crippen LogP contribution in [0.4, 0.5) is 5.13 Å². The van der Waals surface area contributed by atoms with Crippen LogP contribution in [-0.4, -0.2) is 31.4 Å². The van der Waals surface area contributed by atoms with Crippen LogP contribution in [-0.2, 0) is 11.2 Å². The van der Waals surface area contributed by atoms with Gasteiger partial charge in [0.2, 0.25) is 5.91 Å². The van der Waals surface area contributed by atoms with Gasteiger partial charge in [0.05, 0.1) is 21.3 Å². The van der Waals surface area contributed by atoms with Crippen LogP contribution in [0.1, 0.15) is 23.4 Å². The van der Waals surface area contributed by atoms with Gasteiger partial charge in [0, 0.05) is 24.5 Å². The first-order chi connectivity index (χ1) is 10.1. The molecule has 0 aliphatic carbocycles. The van der Waals surface area contributed by atoms with E-state index in [-0.39, 0.29) is 57.3 Å². The molecule has 11 heteroatoms. The molecule has 0 atom stereocenters. The maximum absolute atomic E-state index is 11.1. The van der Waals surface area contributed by atoms with Crippen LogP contribution in [0, 0.1) is 6.92 Å². The fourth-order valence-corrected chi connectivity index (χ4v) is 3.53. The zero-order valence-corrected chi connectivity index (χ0v) is 16.9. The second-order valence-corrected chi connectivity index (χ2v) is 6.15. The van der Waals surface area contributed by atoms with E-state index in [0.29, 0.717) is 17.4 Å². The van der Waals surface area contributed by atoms with E-state index in [1.165, 1.54) is 29.6 Å². The summed E-state index contributed by atoms with van der Waals surface area (Å²) in [6.45, 7) is 3.35. The zero-order valence-electron chi connectivity index (χ0n) is 12.2. The summed E-state index contributed by atoms with van der Waals surface area (Å²) in [5.74, 6) is 0.415. The van der Waals surface area contributed by atoms with E-state index in [2.05, 4.69) is 35.9 Å². The molecule has 0 aliphatic rings. The molecule has 0 aromatic carbocycles. The molecule has 1 N–H and O–H groups in total. The Balaban J connectivity index is 0.00000176. The van der Waals surface area contributed by atoms with Gasteiger partial charge in [-0.15, -0.1) is 11.3 Å². The summed E-state index contributed by atoms with van der Waals surface area (Å²) in [5.41, 5.74) is 1.68. The van der Waals surface area contributed by atoms with Gasteiger partial charge in [0.1, 0.15) is 0 Å². The molecule has 3 aromatic rings. The first-order valence-corrected chi connectivity index (χ1v) is 7.69. The molecule has 3 rings (SSSR count). The maximum atomic E-state index is 11.1. The summed E-state index contributed by atoms with van der Waals surface area (Å²) in [6, 6.07) is 0. The van der Waals surface area contributed by atoms with Gasteiger partial charge < -0.3 is 10.4 Å². The summed E-state index contributed by atoms with van der Waals surface area (Å²) >= 11 is 2.93. The molecule has 0 saturated heterocycles. The van der Waals surface area contributed by atoms with Gasteiger partial charge in [-0.2, -0.15) is 5.21 Å². The number of rotatable bonds is 4. The first kappa shape index (κ1) is 17.8. The van der Waals surface area contributed by atoms with Crippen molar-refractivity contribution in [3.8, 4) is 10.6 Å². The molecule has 22 heavy (non-hydrogen) atoms. The maximum Gasteiger partial charge on any atom is 1.00 e. The fraction of sp³-hybridized carbons (Fsp3) is 0.273. The Hall–Kier alpha value is -0.564. The van der Waals surface area contributed by atoms with Crippen molar-refractivity contribution in [3.63, 3.8) is 0 Å². The minimum atomic E-state index is -0.136. The van der Waals surface area contributed by atoms with E-state index in [1.807, 2.05) is 12.3 Å². The Kier molecular flexibility index (Phi) is 6.32. The molecule has 0 aliphatic heterocycles. The molecule has 0 fully saturated rings. The number of aryl methyl sites for hydroxylation is 1. The number of amides is 1. The summed E-state index contributed by atoms with van der Waals surface area (Å²) in [7, 11) is 0. The topological polar surface area (TPSA) is 108 Å². The van der Waals surface area contributed by atoms with Gasteiger partial charge in [0.15, 0.2) is 5.13 Å². The van der Waals surface area contributed by atoms with Gasteiger partial charge in [0.25, 0.3) is 0 Å². The van der Waals surface area contributed by atoms with Crippen LogP contribution in [0.3, 0.4) is 0 Å². The molecule has 0 saturated carbocycles. The molecule has 108 valence electrons. The smallest absolute Gasteiger partial charge is 0.335 e. The van der Waals surface area contributed by atoms with Crippen molar-refractivity contribution in [3.05, 3.63) is 21.9 Å². The van der Waals surface area contributed by atoms with Gasteiger partial charge in [-0.1, -0.05) is 11.3 Å². The van der Waals surface area contributed by atoms with Crippen LogP contribution in [0.5, 0.6) is 0 Å². The Labute approximate surface area is 176 Å². The van der Waals surface area contributed by atoms with E-state index < -0.39 is 0 Å². The molecule has 8 nitrogen and oxygen atoms in total. The minimum absolute atomic E-state index is 0. The SMILES string of the molecule is CC(=O)Nc1nc(C)c(-c2csc(Cc3nnn[n-]3)n2)s1.[K+]. The Morgan fingerprint density at radius 3 is 2.91 bits per heavy atom. The summed E-state index contributed by atoms with van der Waals surface area (Å²) in [6.07, 6.45) is 0.508. The normalized spacial score (nSPS) is 10.3. The number of carbonyl (C=O) groups is 1. The number of hydrogen-bond acceptors (Lipinski definition) is 8. The fourth-order valence-electron chi connectivity index (χ4n) is 1.70. The van der Waals surface area contributed by atoms with Crippen LogP contribution in [0.2, 0.25) is 0 Å². The monoisotopic (exact) mass is 359 g/mol. The standard InChI is InChI=1S/C11H11N7OS2.K/c1-5-10(21-11(12-5)13-6(2)19)7-4-20-9(14-7)3-8-15-17-18-16-8;/h4H,3H2,1-2H3,(H2,12,13,15,16,17,18,19);/q;+1/p-1. The second kappa shape index (κ2) is 7.81. The third-order valence-electron chi connectivity index (χ3n) is 2.53. The van der Waals surface area contributed by atoms with Crippen LogP contribution < -0.4 is 61.8 Å². The molecule has 1 amide bonds. The predicted molar refractivity (Wildman–Crippen MR) is 78.2 cm³/mol. The number of anilines is 1. The van der Waals surface area contributed by atoms with Gasteiger partial charge >= 0.3 is 51.4 Å². The van der Waals surface area contributed by atoms with Crippen molar-refractivity contribution in [1.29, 1.82) is 0 Å². The van der Waals surface area contributed by atoms with E-state index in [1.54, 1.807) is 0 Å². The Bertz CT molecular complexity index is 767. The molecule has 3 heterocycles. The molecule has 0 radical (unpaired) electrons. The van der Waals surface area contributed by atoms with Crippen molar-refractivity contribution < 1.29 is 56.2 Å². The minimum Gasteiger partial charge on any atom is -0.335 e. The van der Waals surface area contributed by atoms with Crippen molar-refractivity contribution >= 4 is 33.7 Å². The average Bonchev–Trinajstić information content (AvgIpc) is 3.11. The number of aromatic nitrogens is 6. The number of carbonyl (C=O) groups excluding carboxylic acids is 1. The van der Waals surface area contributed by atoms with Gasteiger partial charge in [-0.05, 0) is 6.92 Å². The quantitative estimate of drug-likeness (QED) is 0.552. The van der Waals surface area contributed by atoms with Crippen molar-refractivity contribution in [2.75, 3.05) is 5.32 Å². The number of tetrazole rings is 1. The third-order valence-corrected chi connectivity index (χ3v) is 4.48. The van der Waals surface area contributed by atoms with Gasteiger partial charge in [-0.3, -0.25) is 15.1 Å². The van der Waals surface area contributed by atoms with E-state index in [9.17, 15) is 4.79 Å². The largest absolute Gasteiger partial charge is 1.00 e. The Morgan fingerprint density at radius 2 is 2.23 bits per heavy atom.